The van der Waals surface area contributed by atoms with E-state index >= 15 is 0 Å². The number of nitrogens with zero attached hydrogens (tertiary/aromatic N) is 4. The highest BCUT2D eigenvalue weighted by molar-refractivity contribution is 8.00. The highest BCUT2D eigenvalue weighted by Gasteiger charge is 2.14. The van der Waals surface area contributed by atoms with E-state index in [2.05, 4.69) is 35.2 Å². The first-order valence-electron chi connectivity index (χ1n) is 8.34. The monoisotopic (exact) mass is 432 g/mol. The Labute approximate surface area is 174 Å². The van der Waals surface area contributed by atoms with Crippen LogP contribution in [-0.4, -0.2) is 20.0 Å². The van der Waals surface area contributed by atoms with Crippen LogP contribution in [0.15, 0.2) is 45.2 Å². The van der Waals surface area contributed by atoms with Crippen LogP contribution in [0.4, 0.5) is 0 Å². The first kappa shape index (κ1) is 18.5. The van der Waals surface area contributed by atoms with Crippen LogP contribution >= 0.6 is 46.7 Å². The molecule has 0 unspecified atom stereocenters. The lowest BCUT2D eigenvalue weighted by Gasteiger charge is -1.98. The van der Waals surface area contributed by atoms with Gasteiger partial charge in [-0.25, -0.2) is 4.68 Å². The Bertz CT molecular complexity index is 1110. The first-order valence-corrected chi connectivity index (χ1v) is 11.4. The zero-order valence-corrected chi connectivity index (χ0v) is 18.0. The molecule has 27 heavy (non-hydrogen) atoms. The van der Waals surface area contributed by atoms with Crippen LogP contribution in [0.1, 0.15) is 23.3 Å². The van der Waals surface area contributed by atoms with Gasteiger partial charge in [0.1, 0.15) is 0 Å². The summed E-state index contributed by atoms with van der Waals surface area (Å²) in [4.78, 5) is 2.38. The van der Waals surface area contributed by atoms with Gasteiger partial charge in [-0.1, -0.05) is 48.2 Å². The van der Waals surface area contributed by atoms with Gasteiger partial charge in [-0.2, -0.15) is 0 Å². The van der Waals surface area contributed by atoms with Crippen molar-refractivity contribution >= 4 is 46.7 Å². The van der Waals surface area contributed by atoms with Gasteiger partial charge in [-0.05, 0) is 49.3 Å². The smallest absolute Gasteiger partial charge is 0.257 e. The third kappa shape index (κ3) is 4.06. The van der Waals surface area contributed by atoms with Gasteiger partial charge in [-0.3, -0.25) is 0 Å². The Morgan fingerprint density at radius 1 is 1.19 bits per heavy atom. The van der Waals surface area contributed by atoms with Crippen LogP contribution < -0.4 is 0 Å². The van der Waals surface area contributed by atoms with E-state index in [1.54, 1.807) is 27.8 Å². The second-order valence-corrected chi connectivity index (χ2v) is 9.72. The molecule has 0 saturated heterocycles. The van der Waals surface area contributed by atoms with E-state index in [9.17, 15) is 0 Å². The zero-order valence-electron chi connectivity index (χ0n) is 14.7. The molecule has 9 heteroatoms. The zero-order chi connectivity index (χ0) is 18.8. The van der Waals surface area contributed by atoms with Crippen molar-refractivity contribution in [3.05, 3.63) is 56.7 Å². The minimum Gasteiger partial charge on any atom is -0.419 e. The summed E-state index contributed by atoms with van der Waals surface area (Å²) in [7, 11) is 0. The summed E-state index contributed by atoms with van der Waals surface area (Å²) in [6.45, 7) is 4.27. The lowest BCUT2D eigenvalue weighted by molar-refractivity contribution is 0.529. The third-order valence-corrected chi connectivity index (χ3v) is 7.59. The topological polar surface area (TPSA) is 56.7 Å². The summed E-state index contributed by atoms with van der Waals surface area (Å²) in [6, 6.07) is 12.0. The molecule has 138 valence electrons. The van der Waals surface area contributed by atoms with Gasteiger partial charge in [0.15, 0.2) is 8.29 Å². The van der Waals surface area contributed by atoms with Crippen molar-refractivity contribution in [3.8, 4) is 16.5 Å². The van der Waals surface area contributed by atoms with Crippen molar-refractivity contribution in [3.63, 3.8) is 0 Å². The number of hydrogen-bond acceptors (Lipinski definition) is 8. The van der Waals surface area contributed by atoms with E-state index in [0.717, 1.165) is 25.3 Å². The Balaban J connectivity index is 1.47. The van der Waals surface area contributed by atoms with E-state index in [1.165, 1.54) is 21.8 Å². The molecule has 3 aromatic heterocycles. The van der Waals surface area contributed by atoms with Gasteiger partial charge in [0, 0.05) is 4.88 Å². The number of aromatic nitrogens is 4. The summed E-state index contributed by atoms with van der Waals surface area (Å²) < 4.78 is 9.21. The molecule has 4 aromatic rings. The van der Waals surface area contributed by atoms with Gasteiger partial charge in [-0.15, -0.1) is 26.6 Å². The standard InChI is InChI=1S/C18H16N4OS4/c1-3-13-11(2)9-14(26-13)16-20-19-15(23-16)10-25-17-21-22(18(24)27-17)12-7-5-4-6-8-12/h4-9H,3,10H2,1-2H3. The van der Waals surface area contributed by atoms with Crippen molar-refractivity contribution in [1.82, 2.24) is 20.0 Å². The van der Waals surface area contributed by atoms with E-state index in [4.69, 9.17) is 16.6 Å². The van der Waals surface area contributed by atoms with Crippen molar-refractivity contribution in [1.29, 1.82) is 0 Å². The van der Waals surface area contributed by atoms with Crippen LogP contribution in [-0.2, 0) is 12.2 Å². The maximum absolute atomic E-state index is 5.84. The van der Waals surface area contributed by atoms with Crippen LogP contribution in [0.25, 0.3) is 16.5 Å². The number of rotatable bonds is 6. The van der Waals surface area contributed by atoms with Crippen LogP contribution in [0, 0.1) is 10.9 Å². The molecule has 0 bridgehead atoms. The summed E-state index contributed by atoms with van der Waals surface area (Å²) in [5.41, 5.74) is 2.24. The first-order chi connectivity index (χ1) is 13.1. The number of thiophene rings is 1. The van der Waals surface area contributed by atoms with Crippen LogP contribution in [0.5, 0.6) is 0 Å². The molecule has 0 spiro atoms. The van der Waals surface area contributed by atoms with Gasteiger partial charge >= 0.3 is 0 Å². The highest BCUT2D eigenvalue weighted by atomic mass is 32.2. The fraction of sp³-hybridized carbons (Fsp3) is 0.222. The number of para-hydroxylation sites is 1. The second kappa shape index (κ2) is 8.05. The third-order valence-electron chi connectivity index (χ3n) is 3.87. The van der Waals surface area contributed by atoms with Gasteiger partial charge in [0.25, 0.3) is 5.89 Å². The lowest BCUT2D eigenvalue weighted by Crippen LogP contribution is -1.95. The van der Waals surface area contributed by atoms with Crippen molar-refractivity contribution in [2.75, 3.05) is 0 Å². The minimum absolute atomic E-state index is 0.565. The Morgan fingerprint density at radius 2 is 2.00 bits per heavy atom. The van der Waals surface area contributed by atoms with Crippen molar-refractivity contribution < 1.29 is 4.42 Å². The average molecular weight is 433 g/mol. The molecule has 0 aliphatic rings. The lowest BCUT2D eigenvalue weighted by atomic mass is 10.2. The molecule has 0 saturated carbocycles. The Morgan fingerprint density at radius 3 is 2.74 bits per heavy atom. The normalized spacial score (nSPS) is 11.2. The van der Waals surface area contributed by atoms with E-state index < -0.39 is 0 Å². The minimum atomic E-state index is 0.565. The largest absolute Gasteiger partial charge is 0.419 e. The fourth-order valence-corrected chi connectivity index (χ4v) is 5.80. The van der Waals surface area contributed by atoms with Crippen molar-refractivity contribution in [2.24, 2.45) is 0 Å². The van der Waals surface area contributed by atoms with Gasteiger partial charge < -0.3 is 4.42 Å². The summed E-state index contributed by atoms with van der Waals surface area (Å²) in [5, 5.41) is 13.0. The maximum atomic E-state index is 5.84. The molecule has 0 aliphatic heterocycles. The molecule has 0 atom stereocenters. The molecule has 0 aliphatic carbocycles. The van der Waals surface area contributed by atoms with Gasteiger partial charge in [0.2, 0.25) is 5.89 Å². The predicted molar refractivity (Wildman–Crippen MR) is 114 cm³/mol. The summed E-state index contributed by atoms with van der Waals surface area (Å²) in [5.74, 6) is 1.74. The van der Waals surface area contributed by atoms with Gasteiger partial charge in [0.05, 0.1) is 16.3 Å². The second-order valence-electron chi connectivity index (χ2n) is 5.74. The molecule has 0 radical (unpaired) electrons. The molecule has 3 heterocycles. The molecule has 4 rings (SSSR count). The number of aryl methyl sites for hydroxylation is 2. The summed E-state index contributed by atoms with van der Waals surface area (Å²) >= 11 is 10.2. The van der Waals surface area contributed by atoms with Crippen molar-refractivity contribution in [2.45, 2.75) is 30.4 Å². The molecule has 1 aromatic carbocycles. The average Bonchev–Trinajstić information content (AvgIpc) is 3.39. The number of hydrogen-bond donors (Lipinski definition) is 0. The molecule has 0 N–H and O–H groups in total. The maximum Gasteiger partial charge on any atom is 0.257 e. The predicted octanol–water partition coefficient (Wildman–Crippen LogP) is 5.94. The molecule has 0 fully saturated rings. The highest BCUT2D eigenvalue weighted by Crippen LogP contribution is 2.32. The quantitative estimate of drug-likeness (QED) is 0.278. The molecular formula is C18H16N4OS4. The SMILES string of the molecule is CCc1sc(-c2nnc(CSc3nn(-c4ccccc4)c(=S)s3)o2)cc1C. The Kier molecular flexibility index (Phi) is 5.53. The number of thioether (sulfide) groups is 1. The van der Waals surface area contributed by atoms with Crippen LogP contribution in [0.3, 0.4) is 0 Å². The number of benzene rings is 1. The van der Waals surface area contributed by atoms with E-state index in [1.807, 2.05) is 30.3 Å². The molecule has 0 amide bonds. The molecular weight excluding hydrogens is 416 g/mol. The molecule has 5 nitrogen and oxygen atoms in total. The fourth-order valence-electron chi connectivity index (χ4n) is 2.56. The Hall–Kier alpha value is -1.81. The van der Waals surface area contributed by atoms with Crippen LogP contribution in [0.2, 0.25) is 0 Å². The van der Waals surface area contributed by atoms with E-state index in [-0.39, 0.29) is 0 Å². The summed E-state index contributed by atoms with van der Waals surface area (Å²) in [6.07, 6.45) is 1.02. The van der Waals surface area contributed by atoms with E-state index in [0.29, 0.717) is 17.5 Å².